The van der Waals surface area contributed by atoms with E-state index in [0.29, 0.717) is 5.92 Å². The minimum atomic E-state index is 0.0334. The molecule has 2 rings (SSSR count). The van der Waals surface area contributed by atoms with Crippen LogP contribution in [0.3, 0.4) is 0 Å². The number of benzene rings is 2. The third-order valence-corrected chi connectivity index (χ3v) is 3.56. The second-order valence-electron chi connectivity index (χ2n) is 5.52. The third kappa shape index (κ3) is 4.33. The van der Waals surface area contributed by atoms with Gasteiger partial charge >= 0.3 is 0 Å². The van der Waals surface area contributed by atoms with Gasteiger partial charge in [0.05, 0.1) is 0 Å². The van der Waals surface area contributed by atoms with Crippen molar-refractivity contribution in [3.63, 3.8) is 0 Å². The third-order valence-electron chi connectivity index (χ3n) is 3.56. The summed E-state index contributed by atoms with van der Waals surface area (Å²) in [6.45, 7) is 8.27. The van der Waals surface area contributed by atoms with E-state index < -0.39 is 0 Å². The molecule has 0 bridgehead atoms. The van der Waals surface area contributed by atoms with Gasteiger partial charge in [-0.3, -0.25) is 0 Å². The Morgan fingerprint density at radius 3 is 2.29 bits per heavy atom. The van der Waals surface area contributed by atoms with Gasteiger partial charge in [-0.2, -0.15) is 0 Å². The highest BCUT2D eigenvalue weighted by Crippen LogP contribution is 2.30. The molecule has 0 aliphatic carbocycles. The summed E-state index contributed by atoms with van der Waals surface area (Å²) in [5, 5.41) is 3.39. The predicted octanol–water partition coefficient (Wildman–Crippen LogP) is 4.54. The van der Waals surface area contributed by atoms with Gasteiger partial charge in [0.25, 0.3) is 0 Å². The van der Waals surface area contributed by atoms with Gasteiger partial charge in [-0.1, -0.05) is 69.3 Å². The number of hydrogen-bond donors (Lipinski definition) is 1. The van der Waals surface area contributed by atoms with E-state index in [1.807, 2.05) is 12.1 Å². The van der Waals surface area contributed by atoms with E-state index in [9.17, 15) is 0 Å². The fourth-order valence-corrected chi connectivity index (χ4v) is 2.39. The van der Waals surface area contributed by atoms with Gasteiger partial charge in [0.15, 0.2) is 0 Å². The number of hydrogen-bond acceptors (Lipinski definition) is 2. The lowest BCUT2D eigenvalue weighted by Gasteiger charge is -2.22. The normalized spacial score (nSPS) is 12.4. The van der Waals surface area contributed by atoms with Crippen molar-refractivity contribution in [3.8, 4) is 5.75 Å². The summed E-state index contributed by atoms with van der Waals surface area (Å²) in [7, 11) is 0. The molecule has 2 aromatic carbocycles. The number of para-hydroxylation sites is 1. The second kappa shape index (κ2) is 7.84. The lowest BCUT2D eigenvalue weighted by atomic mass is 10.0. The Morgan fingerprint density at radius 1 is 0.952 bits per heavy atom. The van der Waals surface area contributed by atoms with Crippen molar-refractivity contribution >= 4 is 0 Å². The quantitative estimate of drug-likeness (QED) is 0.805. The van der Waals surface area contributed by atoms with Crippen LogP contribution in [0.1, 0.15) is 43.9 Å². The van der Waals surface area contributed by atoms with Gasteiger partial charge < -0.3 is 10.1 Å². The smallest absolute Gasteiger partial charge is 0.136 e. The zero-order chi connectivity index (χ0) is 15.1. The summed E-state index contributed by atoms with van der Waals surface area (Å²) in [5.74, 6) is 1.44. The summed E-state index contributed by atoms with van der Waals surface area (Å²) in [6, 6.07) is 18.7. The van der Waals surface area contributed by atoms with Crippen LogP contribution in [-0.2, 0) is 0 Å². The lowest BCUT2D eigenvalue weighted by Crippen LogP contribution is -2.25. The predicted molar refractivity (Wildman–Crippen MR) is 88.9 cm³/mol. The Hall–Kier alpha value is -1.80. The van der Waals surface area contributed by atoms with Crippen LogP contribution in [0.15, 0.2) is 54.6 Å². The molecule has 0 heterocycles. The van der Waals surface area contributed by atoms with Crippen molar-refractivity contribution in [2.75, 3.05) is 13.1 Å². The van der Waals surface area contributed by atoms with Crippen LogP contribution in [0.5, 0.6) is 5.75 Å². The highest BCUT2D eigenvalue weighted by atomic mass is 16.5. The molecule has 0 aliphatic heterocycles. The Kier molecular flexibility index (Phi) is 5.82. The lowest BCUT2D eigenvalue weighted by molar-refractivity contribution is 0.200. The summed E-state index contributed by atoms with van der Waals surface area (Å²) in [4.78, 5) is 0. The average Bonchev–Trinajstić information content (AvgIpc) is 2.52. The first-order chi connectivity index (χ1) is 10.2. The second-order valence-corrected chi connectivity index (χ2v) is 5.52. The minimum Gasteiger partial charge on any atom is -0.484 e. The zero-order valence-corrected chi connectivity index (χ0v) is 13.2. The topological polar surface area (TPSA) is 21.3 Å². The van der Waals surface area contributed by atoms with E-state index >= 15 is 0 Å². The highest BCUT2D eigenvalue weighted by molar-refractivity contribution is 5.36. The Balaban J connectivity index is 2.23. The van der Waals surface area contributed by atoms with Crippen LogP contribution < -0.4 is 10.1 Å². The van der Waals surface area contributed by atoms with E-state index in [1.54, 1.807) is 0 Å². The van der Waals surface area contributed by atoms with Crippen molar-refractivity contribution in [1.82, 2.24) is 5.32 Å². The fourth-order valence-electron chi connectivity index (χ4n) is 2.39. The average molecular weight is 283 g/mol. The van der Waals surface area contributed by atoms with Crippen molar-refractivity contribution in [3.05, 3.63) is 65.7 Å². The summed E-state index contributed by atoms with van der Waals surface area (Å²) in [5.41, 5.74) is 2.46. The van der Waals surface area contributed by atoms with Crippen molar-refractivity contribution in [2.45, 2.75) is 32.8 Å². The first-order valence-electron chi connectivity index (χ1n) is 7.73. The number of likely N-dealkylation sites (N-methyl/N-ethyl adjacent to an activating group) is 1. The molecule has 0 saturated heterocycles. The zero-order valence-electron chi connectivity index (χ0n) is 13.2. The van der Waals surface area contributed by atoms with Crippen molar-refractivity contribution in [2.24, 2.45) is 0 Å². The van der Waals surface area contributed by atoms with E-state index in [-0.39, 0.29) is 6.10 Å². The molecule has 0 aliphatic rings. The summed E-state index contributed by atoms with van der Waals surface area (Å²) < 4.78 is 6.33. The Morgan fingerprint density at radius 2 is 1.62 bits per heavy atom. The van der Waals surface area contributed by atoms with Crippen LogP contribution in [-0.4, -0.2) is 13.1 Å². The summed E-state index contributed by atoms with van der Waals surface area (Å²) in [6.07, 6.45) is 0.0334. The molecule has 0 spiro atoms. The van der Waals surface area contributed by atoms with Crippen LogP contribution in [0.2, 0.25) is 0 Å². The van der Waals surface area contributed by atoms with Crippen LogP contribution in [0, 0.1) is 0 Å². The molecule has 0 fully saturated rings. The minimum absolute atomic E-state index is 0.0334. The number of ether oxygens (including phenoxy) is 1. The van der Waals surface area contributed by atoms with Gasteiger partial charge in [-0.05, 0) is 29.7 Å². The van der Waals surface area contributed by atoms with Gasteiger partial charge in [0.1, 0.15) is 11.9 Å². The van der Waals surface area contributed by atoms with E-state index in [2.05, 4.69) is 68.6 Å². The molecule has 0 saturated carbocycles. The van der Waals surface area contributed by atoms with E-state index in [1.165, 1.54) is 11.1 Å². The van der Waals surface area contributed by atoms with Crippen LogP contribution in [0.25, 0.3) is 0 Å². The van der Waals surface area contributed by atoms with Crippen molar-refractivity contribution in [1.29, 1.82) is 0 Å². The monoisotopic (exact) mass is 283 g/mol. The molecule has 0 radical (unpaired) electrons. The van der Waals surface area contributed by atoms with E-state index in [4.69, 9.17) is 4.74 Å². The molecule has 1 N–H and O–H groups in total. The van der Waals surface area contributed by atoms with Gasteiger partial charge in [-0.15, -0.1) is 0 Å². The highest BCUT2D eigenvalue weighted by Gasteiger charge is 2.15. The van der Waals surface area contributed by atoms with Gasteiger partial charge in [0, 0.05) is 6.54 Å². The molecular weight excluding hydrogens is 258 g/mol. The van der Waals surface area contributed by atoms with Gasteiger partial charge in [-0.25, -0.2) is 0 Å². The van der Waals surface area contributed by atoms with Crippen LogP contribution >= 0.6 is 0 Å². The van der Waals surface area contributed by atoms with Gasteiger partial charge in [0.2, 0.25) is 0 Å². The molecule has 112 valence electrons. The Labute approximate surface area is 128 Å². The Bertz CT molecular complexity index is 536. The van der Waals surface area contributed by atoms with Crippen molar-refractivity contribution < 1.29 is 4.74 Å². The molecule has 2 nitrogen and oxygen atoms in total. The molecule has 1 atom stereocenters. The first-order valence-corrected chi connectivity index (χ1v) is 7.73. The maximum atomic E-state index is 6.33. The molecule has 0 amide bonds. The standard InChI is InChI=1S/C19H25NO/c1-4-20-14-19(16-10-6-5-7-11-16)21-18-13-9-8-12-17(18)15(2)3/h5-13,15,19-20H,4,14H2,1-3H3. The summed E-state index contributed by atoms with van der Waals surface area (Å²) >= 11 is 0. The maximum absolute atomic E-state index is 6.33. The molecule has 1 unspecified atom stereocenters. The maximum Gasteiger partial charge on any atom is 0.136 e. The SMILES string of the molecule is CCNCC(Oc1ccccc1C(C)C)c1ccccc1. The molecule has 0 aromatic heterocycles. The molecular formula is C19H25NO. The number of rotatable bonds is 7. The fraction of sp³-hybridized carbons (Fsp3) is 0.368. The number of nitrogens with one attached hydrogen (secondary N) is 1. The first kappa shape index (κ1) is 15.6. The largest absolute Gasteiger partial charge is 0.484 e. The van der Waals surface area contributed by atoms with Crippen LogP contribution in [0.4, 0.5) is 0 Å². The molecule has 2 aromatic rings. The van der Waals surface area contributed by atoms with E-state index in [0.717, 1.165) is 18.8 Å². The molecule has 2 heteroatoms. The molecule has 21 heavy (non-hydrogen) atoms.